The Kier molecular flexibility index (Phi) is 0.958. The largest absolute Gasteiger partial charge is 0.363 e. The molecule has 2 atom stereocenters. The van der Waals surface area contributed by atoms with Gasteiger partial charge in [0.2, 0.25) is 0 Å². The quantitative estimate of drug-likeness (QED) is 0.577. The zero-order valence-electron chi connectivity index (χ0n) is 8.12. The van der Waals surface area contributed by atoms with Gasteiger partial charge in [0.05, 0.1) is 24.9 Å². The molecule has 2 aliphatic heterocycles. The number of rotatable bonds is 0. The molecular formula is C10H12N2O2. The number of Topliss-reactive ketones (excluding diaryl/α,β-unsaturated/α-hetero) is 1. The van der Waals surface area contributed by atoms with Crippen LogP contribution in [-0.2, 0) is 16.9 Å². The van der Waals surface area contributed by atoms with Crippen molar-refractivity contribution in [2.45, 2.75) is 38.0 Å². The first-order chi connectivity index (χ1) is 6.73. The number of aromatic nitrogens is 2. The van der Waals surface area contributed by atoms with E-state index in [1.807, 2.05) is 0 Å². The van der Waals surface area contributed by atoms with Gasteiger partial charge >= 0.3 is 0 Å². The number of nitrogens with zero attached hydrogens (tertiary/aromatic N) is 2. The predicted octanol–water partition coefficient (Wildman–Crippen LogP) is 1.07. The number of epoxide rings is 1. The highest BCUT2D eigenvalue weighted by Gasteiger charge is 2.58. The molecule has 74 valence electrons. The molecule has 1 aromatic rings. The van der Waals surface area contributed by atoms with Crippen molar-refractivity contribution in [1.29, 1.82) is 0 Å². The molecule has 1 saturated heterocycles. The minimum Gasteiger partial charge on any atom is -0.363 e. The van der Waals surface area contributed by atoms with E-state index in [1.54, 1.807) is 0 Å². The van der Waals surface area contributed by atoms with Gasteiger partial charge in [0.25, 0.3) is 0 Å². The molecule has 4 nitrogen and oxygen atoms in total. The Bertz CT molecular complexity index is 450. The summed E-state index contributed by atoms with van der Waals surface area (Å²) in [6.07, 6.45) is 1.55. The summed E-state index contributed by atoms with van der Waals surface area (Å²) in [6, 6.07) is 0.506. The van der Waals surface area contributed by atoms with Gasteiger partial charge < -0.3 is 4.74 Å². The Morgan fingerprint density at radius 3 is 3.00 bits per heavy atom. The van der Waals surface area contributed by atoms with Gasteiger partial charge in [-0.1, -0.05) is 0 Å². The SMILES string of the molecule is CC1Cn2c3c(n21)C(=O)CCC31CO1. The second-order valence-corrected chi connectivity index (χ2v) is 4.68. The van der Waals surface area contributed by atoms with Crippen LogP contribution in [0.25, 0.3) is 0 Å². The Balaban J connectivity index is 1.93. The molecule has 14 heavy (non-hydrogen) atoms. The van der Waals surface area contributed by atoms with Gasteiger partial charge in [0.15, 0.2) is 5.78 Å². The molecule has 0 saturated carbocycles. The minimum absolute atomic E-state index is 0.0418. The van der Waals surface area contributed by atoms with Crippen LogP contribution in [0.4, 0.5) is 0 Å². The average molecular weight is 192 g/mol. The first kappa shape index (κ1) is 7.29. The van der Waals surface area contributed by atoms with Crippen LogP contribution < -0.4 is 0 Å². The van der Waals surface area contributed by atoms with Crippen LogP contribution in [0.5, 0.6) is 0 Å². The summed E-state index contributed by atoms with van der Waals surface area (Å²) < 4.78 is 9.87. The van der Waals surface area contributed by atoms with E-state index in [1.165, 1.54) is 5.69 Å². The molecule has 2 unspecified atom stereocenters. The fourth-order valence-corrected chi connectivity index (χ4v) is 2.91. The molecule has 1 fully saturated rings. The number of hydrogen-bond donors (Lipinski definition) is 0. The van der Waals surface area contributed by atoms with Crippen molar-refractivity contribution in [3.63, 3.8) is 0 Å². The lowest BCUT2D eigenvalue weighted by Crippen LogP contribution is -2.51. The molecule has 1 spiro atoms. The molecule has 0 N–H and O–H groups in total. The highest BCUT2D eigenvalue weighted by Crippen LogP contribution is 2.52. The monoisotopic (exact) mass is 192 g/mol. The van der Waals surface area contributed by atoms with Crippen molar-refractivity contribution in [3.8, 4) is 0 Å². The lowest BCUT2D eigenvalue weighted by molar-refractivity contribution is 0.0781. The van der Waals surface area contributed by atoms with Crippen molar-refractivity contribution in [3.05, 3.63) is 11.4 Å². The van der Waals surface area contributed by atoms with Crippen LogP contribution in [0.15, 0.2) is 0 Å². The lowest BCUT2D eigenvalue weighted by atomic mass is 9.85. The normalized spacial score (nSPS) is 38.1. The summed E-state index contributed by atoms with van der Waals surface area (Å²) in [6.45, 7) is 4.03. The van der Waals surface area contributed by atoms with Crippen molar-refractivity contribution < 1.29 is 9.53 Å². The van der Waals surface area contributed by atoms with Crippen LogP contribution in [0.2, 0.25) is 0 Å². The predicted molar refractivity (Wildman–Crippen MR) is 48.3 cm³/mol. The highest BCUT2D eigenvalue weighted by atomic mass is 16.6. The first-order valence-electron chi connectivity index (χ1n) is 5.21. The number of ether oxygens (including phenoxy) is 1. The summed E-state index contributed by atoms with van der Waals surface area (Å²) >= 11 is 0. The van der Waals surface area contributed by atoms with E-state index in [9.17, 15) is 4.79 Å². The summed E-state index contributed by atoms with van der Waals surface area (Å²) in [5, 5.41) is 0. The Morgan fingerprint density at radius 1 is 1.57 bits per heavy atom. The van der Waals surface area contributed by atoms with Gasteiger partial charge in [-0.25, -0.2) is 0 Å². The molecule has 3 aliphatic rings. The van der Waals surface area contributed by atoms with Crippen molar-refractivity contribution >= 4 is 5.78 Å². The molecule has 1 aliphatic carbocycles. The fourth-order valence-electron chi connectivity index (χ4n) is 2.91. The van der Waals surface area contributed by atoms with Crippen LogP contribution in [-0.4, -0.2) is 21.8 Å². The maximum atomic E-state index is 11.7. The number of fused-ring (bicyclic) bond motifs is 5. The Hall–Kier alpha value is -1.03. The molecular weight excluding hydrogens is 180 g/mol. The van der Waals surface area contributed by atoms with Crippen molar-refractivity contribution in [1.82, 2.24) is 9.36 Å². The first-order valence-corrected chi connectivity index (χ1v) is 5.21. The van der Waals surface area contributed by atoms with Gasteiger partial charge in [0.1, 0.15) is 11.3 Å². The van der Waals surface area contributed by atoms with Crippen molar-refractivity contribution in [2.24, 2.45) is 0 Å². The molecule has 0 bridgehead atoms. The molecule has 0 aromatic carbocycles. The van der Waals surface area contributed by atoms with Crippen LogP contribution in [0.3, 0.4) is 0 Å². The third-order valence-corrected chi connectivity index (χ3v) is 3.77. The molecule has 4 heteroatoms. The van der Waals surface area contributed by atoms with Crippen LogP contribution >= 0.6 is 0 Å². The average Bonchev–Trinajstić information content (AvgIpc) is 2.88. The van der Waals surface area contributed by atoms with Crippen LogP contribution in [0, 0.1) is 0 Å². The minimum atomic E-state index is -0.0418. The summed E-state index contributed by atoms with van der Waals surface area (Å²) in [5.74, 6) is 0.309. The second kappa shape index (κ2) is 1.84. The zero-order chi connectivity index (χ0) is 9.50. The van der Waals surface area contributed by atoms with E-state index in [0.29, 0.717) is 18.2 Å². The maximum absolute atomic E-state index is 11.7. The number of hydrogen-bond acceptors (Lipinski definition) is 2. The van der Waals surface area contributed by atoms with Gasteiger partial charge in [0, 0.05) is 6.42 Å². The fraction of sp³-hybridized carbons (Fsp3) is 0.700. The molecule has 0 radical (unpaired) electrons. The van der Waals surface area contributed by atoms with Gasteiger partial charge in [-0.3, -0.25) is 14.2 Å². The Labute approximate surface area is 81.4 Å². The topological polar surface area (TPSA) is 39.5 Å². The second-order valence-electron chi connectivity index (χ2n) is 4.68. The smallest absolute Gasteiger partial charge is 0.182 e. The lowest BCUT2D eigenvalue weighted by Gasteiger charge is -2.46. The molecule has 4 rings (SSSR count). The van der Waals surface area contributed by atoms with E-state index in [-0.39, 0.29) is 5.60 Å². The van der Waals surface area contributed by atoms with Gasteiger partial charge in [-0.2, -0.15) is 0 Å². The molecule has 3 heterocycles. The van der Waals surface area contributed by atoms with E-state index in [0.717, 1.165) is 25.3 Å². The molecule has 0 amide bonds. The van der Waals surface area contributed by atoms with E-state index in [4.69, 9.17) is 4.74 Å². The third kappa shape index (κ3) is 0.564. The zero-order valence-corrected chi connectivity index (χ0v) is 8.12. The maximum Gasteiger partial charge on any atom is 0.182 e. The van der Waals surface area contributed by atoms with Gasteiger partial charge in [-0.15, -0.1) is 0 Å². The summed E-state index contributed by atoms with van der Waals surface area (Å²) in [7, 11) is 0. The Morgan fingerprint density at radius 2 is 2.36 bits per heavy atom. The number of carbonyl (C=O) groups excluding carboxylic acids is 1. The standard InChI is InChI=1S/C10H12N2O2/c1-6-4-11-9-8(12(6)11)7(13)2-3-10(9)5-14-10/h6H,2-5H2,1H3. The molecule has 1 aromatic heterocycles. The van der Waals surface area contributed by atoms with Gasteiger partial charge in [-0.05, 0) is 13.3 Å². The number of carbonyl (C=O) groups is 1. The third-order valence-electron chi connectivity index (χ3n) is 3.77. The highest BCUT2D eigenvalue weighted by molar-refractivity contribution is 5.98. The summed E-state index contributed by atoms with van der Waals surface area (Å²) in [5.41, 5.74) is 2.10. The van der Waals surface area contributed by atoms with E-state index < -0.39 is 0 Å². The van der Waals surface area contributed by atoms with E-state index in [2.05, 4.69) is 16.3 Å². The van der Waals surface area contributed by atoms with Crippen molar-refractivity contribution in [2.75, 3.05) is 6.61 Å². The van der Waals surface area contributed by atoms with E-state index >= 15 is 0 Å². The summed E-state index contributed by atoms with van der Waals surface area (Å²) in [4.78, 5) is 11.7. The number of ketones is 1. The van der Waals surface area contributed by atoms with Crippen LogP contribution in [0.1, 0.15) is 42.0 Å².